The molecule has 1 N–H and O–H groups in total. The molecular formula is C22H23N3O5. The highest BCUT2D eigenvalue weighted by molar-refractivity contribution is 5.75. The molecule has 0 unspecified atom stereocenters. The van der Waals surface area contributed by atoms with E-state index in [1.54, 1.807) is 45.6 Å². The summed E-state index contributed by atoms with van der Waals surface area (Å²) in [5.41, 5.74) is 1.66. The van der Waals surface area contributed by atoms with E-state index in [-0.39, 0.29) is 18.0 Å². The third kappa shape index (κ3) is 4.96. The minimum Gasteiger partial charge on any atom is -0.497 e. The molecule has 8 heteroatoms. The van der Waals surface area contributed by atoms with Crippen LogP contribution in [-0.2, 0) is 17.9 Å². The van der Waals surface area contributed by atoms with Crippen molar-refractivity contribution in [1.29, 1.82) is 0 Å². The first-order valence-electron chi connectivity index (χ1n) is 9.24. The van der Waals surface area contributed by atoms with Crippen LogP contribution in [0.5, 0.6) is 17.2 Å². The number of benzene rings is 2. The molecule has 0 atom stereocenters. The highest BCUT2D eigenvalue weighted by Crippen LogP contribution is 2.31. The summed E-state index contributed by atoms with van der Waals surface area (Å²) in [6.45, 7) is 0.108. The third-order valence-corrected chi connectivity index (χ3v) is 4.47. The molecule has 1 heterocycles. The van der Waals surface area contributed by atoms with Crippen LogP contribution in [0.4, 0.5) is 0 Å². The van der Waals surface area contributed by atoms with Gasteiger partial charge in [-0.3, -0.25) is 9.59 Å². The number of aromatic nitrogens is 2. The van der Waals surface area contributed by atoms with Gasteiger partial charge in [0.25, 0.3) is 5.56 Å². The number of hydrogen-bond acceptors (Lipinski definition) is 6. The van der Waals surface area contributed by atoms with Crippen LogP contribution < -0.4 is 25.1 Å². The number of rotatable bonds is 8. The van der Waals surface area contributed by atoms with Crippen LogP contribution in [0.15, 0.2) is 59.4 Å². The Balaban J connectivity index is 1.77. The Bertz CT molecular complexity index is 1090. The van der Waals surface area contributed by atoms with Crippen molar-refractivity contribution in [2.75, 3.05) is 21.3 Å². The monoisotopic (exact) mass is 409 g/mol. The lowest BCUT2D eigenvalue weighted by Gasteiger charge is -2.12. The minimum absolute atomic E-state index is 0.205. The fraction of sp³-hybridized carbons (Fsp3) is 0.227. The molecule has 0 aliphatic rings. The summed E-state index contributed by atoms with van der Waals surface area (Å²) in [5, 5.41) is 7.12. The van der Waals surface area contributed by atoms with Gasteiger partial charge in [-0.05, 0) is 42.0 Å². The summed E-state index contributed by atoms with van der Waals surface area (Å²) in [4.78, 5) is 24.6. The van der Waals surface area contributed by atoms with Crippen LogP contribution in [-0.4, -0.2) is 37.0 Å². The van der Waals surface area contributed by atoms with Gasteiger partial charge in [0.1, 0.15) is 23.8 Å². The third-order valence-electron chi connectivity index (χ3n) is 4.47. The van der Waals surface area contributed by atoms with Gasteiger partial charge in [0.05, 0.1) is 27.0 Å². The van der Waals surface area contributed by atoms with E-state index in [9.17, 15) is 9.59 Å². The number of methoxy groups -OCH3 is 3. The van der Waals surface area contributed by atoms with Gasteiger partial charge < -0.3 is 19.5 Å². The first kappa shape index (κ1) is 20.9. The van der Waals surface area contributed by atoms with Crippen molar-refractivity contribution in [1.82, 2.24) is 15.1 Å². The number of carbonyl (C=O) groups is 1. The van der Waals surface area contributed by atoms with Gasteiger partial charge in [-0.15, -0.1) is 0 Å². The number of nitrogens with one attached hydrogen (secondary N) is 1. The lowest BCUT2D eigenvalue weighted by atomic mass is 10.1. The van der Waals surface area contributed by atoms with Crippen LogP contribution >= 0.6 is 0 Å². The predicted molar refractivity (Wildman–Crippen MR) is 112 cm³/mol. The molecule has 0 fully saturated rings. The van der Waals surface area contributed by atoms with Crippen molar-refractivity contribution >= 4 is 5.91 Å². The molecule has 156 valence electrons. The second kappa shape index (κ2) is 9.60. The molecule has 0 saturated heterocycles. The Morgan fingerprint density at radius 1 is 0.967 bits per heavy atom. The van der Waals surface area contributed by atoms with E-state index < -0.39 is 0 Å². The quantitative estimate of drug-likeness (QED) is 0.614. The Kier molecular flexibility index (Phi) is 6.69. The lowest BCUT2D eigenvalue weighted by molar-refractivity contribution is -0.122. The van der Waals surface area contributed by atoms with Crippen LogP contribution in [0.1, 0.15) is 5.56 Å². The zero-order chi connectivity index (χ0) is 21.5. The minimum atomic E-state index is -0.378. The smallest absolute Gasteiger partial charge is 0.267 e. The van der Waals surface area contributed by atoms with Gasteiger partial charge >= 0.3 is 0 Å². The van der Waals surface area contributed by atoms with Gasteiger partial charge in [0, 0.05) is 18.2 Å². The summed E-state index contributed by atoms with van der Waals surface area (Å²) in [7, 11) is 4.69. The van der Waals surface area contributed by atoms with E-state index in [0.717, 1.165) is 10.2 Å². The van der Waals surface area contributed by atoms with Crippen LogP contribution in [0.2, 0.25) is 0 Å². The molecular weight excluding hydrogens is 386 g/mol. The molecule has 0 saturated carbocycles. The fourth-order valence-corrected chi connectivity index (χ4v) is 2.90. The molecule has 1 aromatic heterocycles. The Hall–Kier alpha value is -3.81. The highest BCUT2D eigenvalue weighted by atomic mass is 16.5. The second-order valence-electron chi connectivity index (χ2n) is 6.41. The molecule has 2 aromatic carbocycles. The maximum Gasteiger partial charge on any atom is 0.267 e. The van der Waals surface area contributed by atoms with Gasteiger partial charge in [-0.1, -0.05) is 12.1 Å². The van der Waals surface area contributed by atoms with E-state index in [0.29, 0.717) is 35.1 Å². The number of hydrogen-bond donors (Lipinski definition) is 1. The number of carbonyl (C=O) groups excluding carboxylic acids is 1. The van der Waals surface area contributed by atoms with Crippen molar-refractivity contribution in [2.24, 2.45) is 0 Å². The maximum absolute atomic E-state index is 12.4. The Labute approximate surface area is 174 Å². The van der Waals surface area contributed by atoms with Crippen LogP contribution in [0.25, 0.3) is 11.3 Å². The molecule has 0 aliphatic carbocycles. The van der Waals surface area contributed by atoms with Crippen molar-refractivity contribution < 1.29 is 19.0 Å². The second-order valence-corrected chi connectivity index (χ2v) is 6.41. The Morgan fingerprint density at radius 3 is 2.47 bits per heavy atom. The molecule has 0 bridgehead atoms. The average molecular weight is 409 g/mol. The molecule has 0 spiro atoms. The largest absolute Gasteiger partial charge is 0.497 e. The van der Waals surface area contributed by atoms with E-state index in [2.05, 4.69) is 10.4 Å². The predicted octanol–water partition coefficient (Wildman–Crippen LogP) is 2.25. The van der Waals surface area contributed by atoms with Gasteiger partial charge in [0.2, 0.25) is 5.91 Å². The molecule has 30 heavy (non-hydrogen) atoms. The number of amides is 1. The summed E-state index contributed by atoms with van der Waals surface area (Å²) in [5.74, 6) is 1.58. The summed E-state index contributed by atoms with van der Waals surface area (Å²) >= 11 is 0. The standard InChI is InChI=1S/C22H23N3O5/c1-28-16-6-4-5-15(11-16)13-23-21(26)14-25-22(27)10-8-19(24-25)18-12-17(29-2)7-9-20(18)30-3/h4-12H,13-14H2,1-3H3,(H,23,26). The lowest BCUT2D eigenvalue weighted by Crippen LogP contribution is -2.33. The van der Waals surface area contributed by atoms with E-state index in [4.69, 9.17) is 14.2 Å². The van der Waals surface area contributed by atoms with Gasteiger partial charge in [-0.25, -0.2) is 4.68 Å². The van der Waals surface area contributed by atoms with Crippen molar-refractivity contribution in [2.45, 2.75) is 13.1 Å². The van der Waals surface area contributed by atoms with E-state index >= 15 is 0 Å². The van der Waals surface area contributed by atoms with Crippen LogP contribution in [0, 0.1) is 0 Å². The molecule has 0 aliphatic heterocycles. The first-order valence-corrected chi connectivity index (χ1v) is 9.24. The summed E-state index contributed by atoms with van der Waals surface area (Å²) in [6.07, 6.45) is 0. The van der Waals surface area contributed by atoms with Crippen molar-refractivity contribution in [3.8, 4) is 28.5 Å². The maximum atomic E-state index is 12.4. The molecule has 8 nitrogen and oxygen atoms in total. The molecule has 1 amide bonds. The number of nitrogens with zero attached hydrogens (tertiary/aromatic N) is 2. The van der Waals surface area contributed by atoms with Crippen molar-refractivity contribution in [3.63, 3.8) is 0 Å². The summed E-state index contributed by atoms with van der Waals surface area (Å²) in [6, 6.07) is 15.6. The molecule has 3 rings (SSSR count). The Morgan fingerprint density at radius 2 is 1.73 bits per heavy atom. The highest BCUT2D eigenvalue weighted by Gasteiger charge is 2.12. The van der Waals surface area contributed by atoms with Gasteiger partial charge in [0.15, 0.2) is 0 Å². The van der Waals surface area contributed by atoms with Crippen LogP contribution in [0.3, 0.4) is 0 Å². The van der Waals surface area contributed by atoms with Gasteiger partial charge in [-0.2, -0.15) is 5.10 Å². The fourth-order valence-electron chi connectivity index (χ4n) is 2.90. The zero-order valence-electron chi connectivity index (χ0n) is 17.0. The van der Waals surface area contributed by atoms with E-state index in [1.807, 2.05) is 24.3 Å². The topological polar surface area (TPSA) is 91.7 Å². The molecule has 0 radical (unpaired) electrons. The van der Waals surface area contributed by atoms with E-state index in [1.165, 1.54) is 6.07 Å². The van der Waals surface area contributed by atoms with Crippen molar-refractivity contribution in [3.05, 3.63) is 70.5 Å². The normalized spacial score (nSPS) is 10.4. The zero-order valence-corrected chi connectivity index (χ0v) is 17.0. The summed E-state index contributed by atoms with van der Waals surface area (Å²) < 4.78 is 16.9. The average Bonchev–Trinajstić information content (AvgIpc) is 2.78. The first-order chi connectivity index (χ1) is 14.5. The number of ether oxygens (including phenoxy) is 3. The SMILES string of the molecule is COc1cccc(CNC(=O)Cn2nc(-c3cc(OC)ccc3OC)ccc2=O)c1. The molecule has 3 aromatic rings.